The molecule has 1 atom stereocenters. The summed E-state index contributed by atoms with van der Waals surface area (Å²) in [5, 5.41) is 12.8. The minimum absolute atomic E-state index is 0.0622. The fourth-order valence-electron chi connectivity index (χ4n) is 2.22. The van der Waals surface area contributed by atoms with Gasteiger partial charge in [-0.15, -0.1) is 0 Å². The number of benzene rings is 2. The predicted octanol–water partition coefficient (Wildman–Crippen LogP) is 4.11. The molecule has 1 aliphatic rings. The van der Waals surface area contributed by atoms with Crippen molar-refractivity contribution < 1.29 is 9.47 Å². The largest absolute Gasteiger partial charge is 0.454 e. The number of nitriles is 1. The van der Waals surface area contributed by atoms with Crippen LogP contribution in [0.4, 0.5) is 5.69 Å². The molecule has 3 rings (SSSR count). The van der Waals surface area contributed by atoms with Crippen molar-refractivity contribution in [3.05, 3.63) is 52.5 Å². The van der Waals surface area contributed by atoms with Crippen LogP contribution >= 0.6 is 11.6 Å². The Morgan fingerprint density at radius 3 is 2.81 bits per heavy atom. The minimum Gasteiger partial charge on any atom is -0.454 e. The van der Waals surface area contributed by atoms with Gasteiger partial charge in [-0.25, -0.2) is 0 Å². The molecule has 2 aromatic rings. The molecule has 0 bridgehead atoms. The van der Waals surface area contributed by atoms with E-state index >= 15 is 0 Å². The first-order valence-electron chi connectivity index (χ1n) is 6.53. The van der Waals surface area contributed by atoms with Gasteiger partial charge in [-0.3, -0.25) is 0 Å². The number of halogens is 1. The van der Waals surface area contributed by atoms with E-state index in [0.717, 1.165) is 22.7 Å². The number of nitrogens with zero attached hydrogens (tertiary/aromatic N) is 1. The third-order valence-electron chi connectivity index (χ3n) is 3.37. The number of rotatable bonds is 3. The standard InChI is InChI=1S/C16H13ClN2O2/c1-10(11-2-5-15-16(7-11)21-9-20-15)19-13-3-4-14(17)12(6-13)8-18/h2-7,10,19H,9H2,1H3. The van der Waals surface area contributed by atoms with Crippen LogP contribution < -0.4 is 14.8 Å². The fourth-order valence-corrected chi connectivity index (χ4v) is 2.38. The van der Waals surface area contributed by atoms with Crippen LogP contribution in [0, 0.1) is 11.3 Å². The van der Waals surface area contributed by atoms with E-state index in [9.17, 15) is 0 Å². The van der Waals surface area contributed by atoms with Gasteiger partial charge in [0.2, 0.25) is 6.79 Å². The highest BCUT2D eigenvalue weighted by molar-refractivity contribution is 6.31. The van der Waals surface area contributed by atoms with Crippen LogP contribution in [0.3, 0.4) is 0 Å². The highest BCUT2D eigenvalue weighted by Crippen LogP contribution is 2.35. The highest BCUT2D eigenvalue weighted by atomic mass is 35.5. The molecule has 106 valence electrons. The van der Waals surface area contributed by atoms with E-state index in [1.165, 1.54) is 0 Å². The van der Waals surface area contributed by atoms with E-state index in [1.807, 2.05) is 31.2 Å². The second-order valence-electron chi connectivity index (χ2n) is 4.79. The van der Waals surface area contributed by atoms with Gasteiger partial charge in [0, 0.05) is 11.7 Å². The quantitative estimate of drug-likeness (QED) is 0.926. The summed E-state index contributed by atoms with van der Waals surface area (Å²) in [6.07, 6.45) is 0. The monoisotopic (exact) mass is 300 g/mol. The maximum atomic E-state index is 9.01. The lowest BCUT2D eigenvalue weighted by Gasteiger charge is -2.16. The summed E-state index contributed by atoms with van der Waals surface area (Å²) >= 11 is 5.93. The third kappa shape index (κ3) is 2.74. The number of ether oxygens (including phenoxy) is 2. The van der Waals surface area contributed by atoms with Gasteiger partial charge in [0.1, 0.15) is 6.07 Å². The first-order chi connectivity index (χ1) is 10.2. The summed E-state index contributed by atoms with van der Waals surface area (Å²) in [7, 11) is 0. The smallest absolute Gasteiger partial charge is 0.231 e. The lowest BCUT2D eigenvalue weighted by atomic mass is 10.1. The van der Waals surface area contributed by atoms with Gasteiger partial charge in [-0.05, 0) is 42.8 Å². The van der Waals surface area contributed by atoms with Crippen LogP contribution in [-0.4, -0.2) is 6.79 Å². The SMILES string of the molecule is CC(Nc1ccc(Cl)c(C#N)c1)c1ccc2c(c1)OCO2. The van der Waals surface area contributed by atoms with Crippen molar-refractivity contribution in [3.8, 4) is 17.6 Å². The maximum absolute atomic E-state index is 9.01. The van der Waals surface area contributed by atoms with Crippen molar-refractivity contribution in [3.63, 3.8) is 0 Å². The van der Waals surface area contributed by atoms with Crippen molar-refractivity contribution in [2.24, 2.45) is 0 Å². The van der Waals surface area contributed by atoms with Gasteiger partial charge >= 0.3 is 0 Å². The van der Waals surface area contributed by atoms with E-state index in [0.29, 0.717) is 10.6 Å². The molecular formula is C16H13ClN2O2. The van der Waals surface area contributed by atoms with Crippen LogP contribution in [0.5, 0.6) is 11.5 Å². The molecule has 0 amide bonds. The van der Waals surface area contributed by atoms with E-state index in [1.54, 1.807) is 12.1 Å². The number of anilines is 1. The molecule has 0 saturated carbocycles. The normalized spacial score (nSPS) is 13.6. The highest BCUT2D eigenvalue weighted by Gasteiger charge is 2.15. The van der Waals surface area contributed by atoms with E-state index in [4.69, 9.17) is 26.3 Å². The Morgan fingerprint density at radius 2 is 2.00 bits per heavy atom. The molecule has 1 aliphatic heterocycles. The van der Waals surface area contributed by atoms with Crippen LogP contribution in [0.2, 0.25) is 5.02 Å². The van der Waals surface area contributed by atoms with Crippen molar-refractivity contribution in [1.29, 1.82) is 5.26 Å². The van der Waals surface area contributed by atoms with Gasteiger partial charge in [0.15, 0.2) is 11.5 Å². The first-order valence-corrected chi connectivity index (χ1v) is 6.91. The van der Waals surface area contributed by atoms with Gasteiger partial charge in [-0.2, -0.15) is 5.26 Å². The molecular weight excluding hydrogens is 288 g/mol. The van der Waals surface area contributed by atoms with Crippen LogP contribution in [-0.2, 0) is 0 Å². The van der Waals surface area contributed by atoms with Crippen molar-refractivity contribution >= 4 is 17.3 Å². The molecule has 4 nitrogen and oxygen atoms in total. The number of nitrogens with one attached hydrogen (secondary N) is 1. The third-order valence-corrected chi connectivity index (χ3v) is 3.70. The van der Waals surface area contributed by atoms with Crippen LogP contribution in [0.1, 0.15) is 24.1 Å². The zero-order valence-electron chi connectivity index (χ0n) is 11.4. The van der Waals surface area contributed by atoms with Crippen LogP contribution in [0.15, 0.2) is 36.4 Å². The summed E-state index contributed by atoms with van der Waals surface area (Å²) in [5.74, 6) is 1.53. The Bertz CT molecular complexity index is 725. The second kappa shape index (κ2) is 5.55. The number of hydrogen-bond donors (Lipinski definition) is 1. The average molecular weight is 301 g/mol. The van der Waals surface area contributed by atoms with Crippen LogP contribution in [0.25, 0.3) is 0 Å². The molecule has 2 aromatic carbocycles. The predicted molar refractivity (Wildman–Crippen MR) is 80.8 cm³/mol. The zero-order chi connectivity index (χ0) is 14.8. The molecule has 21 heavy (non-hydrogen) atoms. The molecule has 1 heterocycles. The summed E-state index contributed by atoms with van der Waals surface area (Å²) in [5.41, 5.74) is 2.38. The molecule has 0 radical (unpaired) electrons. The maximum Gasteiger partial charge on any atom is 0.231 e. The van der Waals surface area contributed by atoms with Gasteiger partial charge in [0.25, 0.3) is 0 Å². The Hall–Kier alpha value is -2.38. The summed E-state index contributed by atoms with van der Waals surface area (Å²) in [4.78, 5) is 0. The van der Waals surface area contributed by atoms with E-state index in [2.05, 4.69) is 11.4 Å². The van der Waals surface area contributed by atoms with Crippen molar-refractivity contribution in [1.82, 2.24) is 0 Å². The number of hydrogen-bond acceptors (Lipinski definition) is 4. The molecule has 1 unspecified atom stereocenters. The lowest BCUT2D eigenvalue weighted by Crippen LogP contribution is -2.06. The Balaban J connectivity index is 1.80. The summed E-state index contributed by atoms with van der Waals surface area (Å²) in [6, 6.07) is 13.3. The van der Waals surface area contributed by atoms with Gasteiger partial charge in [-0.1, -0.05) is 17.7 Å². The molecule has 1 N–H and O–H groups in total. The molecule has 0 fully saturated rings. The lowest BCUT2D eigenvalue weighted by molar-refractivity contribution is 0.174. The molecule has 0 aromatic heterocycles. The summed E-state index contributed by atoms with van der Waals surface area (Å²) in [6.45, 7) is 2.31. The van der Waals surface area contributed by atoms with Gasteiger partial charge < -0.3 is 14.8 Å². The van der Waals surface area contributed by atoms with Crippen molar-refractivity contribution in [2.75, 3.05) is 12.1 Å². The first kappa shape index (κ1) is 13.6. The Kier molecular flexibility index (Phi) is 3.59. The Morgan fingerprint density at radius 1 is 1.19 bits per heavy atom. The number of fused-ring (bicyclic) bond motifs is 1. The van der Waals surface area contributed by atoms with Gasteiger partial charge in [0.05, 0.1) is 10.6 Å². The zero-order valence-corrected chi connectivity index (χ0v) is 12.1. The molecule has 0 aliphatic carbocycles. The molecule has 5 heteroatoms. The minimum atomic E-state index is 0.0622. The molecule has 0 spiro atoms. The van der Waals surface area contributed by atoms with E-state index < -0.39 is 0 Å². The summed E-state index contributed by atoms with van der Waals surface area (Å²) < 4.78 is 10.7. The van der Waals surface area contributed by atoms with Crippen molar-refractivity contribution in [2.45, 2.75) is 13.0 Å². The average Bonchev–Trinajstić information content (AvgIpc) is 2.96. The topological polar surface area (TPSA) is 54.3 Å². The fraction of sp³-hybridized carbons (Fsp3) is 0.188. The second-order valence-corrected chi connectivity index (χ2v) is 5.19. The Labute approximate surface area is 127 Å². The van der Waals surface area contributed by atoms with E-state index in [-0.39, 0.29) is 12.8 Å². The molecule has 0 saturated heterocycles.